The van der Waals surface area contributed by atoms with Crippen LogP contribution in [0, 0.1) is 0 Å². The normalized spacial score (nSPS) is 10.8. The summed E-state index contributed by atoms with van der Waals surface area (Å²) in [5.74, 6) is 1.79. The van der Waals surface area contributed by atoms with Crippen LogP contribution in [0.25, 0.3) is 11.5 Å². The van der Waals surface area contributed by atoms with E-state index in [1.54, 1.807) is 18.0 Å². The van der Waals surface area contributed by atoms with Gasteiger partial charge in [-0.05, 0) is 31.2 Å². The molecule has 3 aromatic rings. The summed E-state index contributed by atoms with van der Waals surface area (Å²) in [5.41, 5.74) is 1.79. The van der Waals surface area contributed by atoms with Crippen LogP contribution >= 0.6 is 34.7 Å². The highest BCUT2D eigenvalue weighted by molar-refractivity contribution is 7.99. The molecule has 0 N–H and O–H groups in total. The lowest BCUT2D eigenvalue weighted by atomic mass is 10.2. The zero-order valence-electron chi connectivity index (χ0n) is 14.4. The molecule has 0 spiro atoms. The van der Waals surface area contributed by atoms with Crippen LogP contribution < -0.4 is 0 Å². The van der Waals surface area contributed by atoms with Crippen LogP contribution in [-0.4, -0.2) is 28.1 Å². The molecular formula is C19H19ClN2O2S2. The van der Waals surface area contributed by atoms with Crippen LogP contribution in [0.15, 0.2) is 53.1 Å². The molecule has 1 aromatic carbocycles. The van der Waals surface area contributed by atoms with E-state index in [1.807, 2.05) is 54.3 Å². The monoisotopic (exact) mass is 406 g/mol. The first-order valence-electron chi connectivity index (χ1n) is 8.25. The SMILES string of the molecule is CCN(Cc1ccc(Cl)s1)C(=O)CSCc1coc(-c2ccccc2)n1. The maximum Gasteiger partial charge on any atom is 0.232 e. The summed E-state index contributed by atoms with van der Waals surface area (Å²) in [6, 6.07) is 13.6. The van der Waals surface area contributed by atoms with Gasteiger partial charge in [0, 0.05) is 22.7 Å². The minimum atomic E-state index is 0.119. The zero-order chi connectivity index (χ0) is 18.4. The van der Waals surface area contributed by atoms with Gasteiger partial charge in [-0.1, -0.05) is 29.8 Å². The second-order valence-corrected chi connectivity index (χ2v) is 8.40. The van der Waals surface area contributed by atoms with Crippen LogP contribution in [0.4, 0.5) is 0 Å². The maximum absolute atomic E-state index is 12.4. The highest BCUT2D eigenvalue weighted by atomic mass is 35.5. The fourth-order valence-electron chi connectivity index (χ4n) is 2.42. The molecule has 3 rings (SSSR count). The van der Waals surface area contributed by atoms with Crippen molar-refractivity contribution in [2.45, 2.75) is 19.2 Å². The summed E-state index contributed by atoms with van der Waals surface area (Å²) in [6.45, 7) is 3.27. The van der Waals surface area contributed by atoms with E-state index in [-0.39, 0.29) is 5.91 Å². The van der Waals surface area contributed by atoms with Crippen molar-refractivity contribution in [1.29, 1.82) is 0 Å². The molecule has 0 saturated heterocycles. The predicted octanol–water partition coefficient (Wildman–Crippen LogP) is 5.34. The molecule has 0 aliphatic rings. The second-order valence-electron chi connectivity index (χ2n) is 5.62. The summed E-state index contributed by atoms with van der Waals surface area (Å²) in [4.78, 5) is 19.9. The van der Waals surface area contributed by atoms with E-state index in [0.29, 0.717) is 30.5 Å². The van der Waals surface area contributed by atoms with Gasteiger partial charge in [-0.15, -0.1) is 23.1 Å². The summed E-state index contributed by atoms with van der Waals surface area (Å²) in [6.07, 6.45) is 1.66. The van der Waals surface area contributed by atoms with E-state index in [4.69, 9.17) is 16.0 Å². The number of carbonyl (C=O) groups excluding carboxylic acids is 1. The lowest BCUT2D eigenvalue weighted by Gasteiger charge is -2.19. The number of thiophene rings is 1. The standard InChI is InChI=1S/C19H19ClN2O2S2/c1-2-22(10-16-8-9-17(20)26-16)18(23)13-25-12-15-11-24-19(21-15)14-6-4-3-5-7-14/h3-9,11H,2,10,12-13H2,1H3. The van der Waals surface area contributed by atoms with Gasteiger partial charge in [0.2, 0.25) is 11.8 Å². The molecule has 136 valence electrons. The van der Waals surface area contributed by atoms with Gasteiger partial charge in [-0.3, -0.25) is 4.79 Å². The molecule has 0 unspecified atom stereocenters. The Labute approximate surface area is 166 Å². The molecule has 0 saturated carbocycles. The van der Waals surface area contributed by atoms with Crippen LogP contribution in [0.2, 0.25) is 4.34 Å². The third kappa shape index (κ3) is 5.13. The van der Waals surface area contributed by atoms with Gasteiger partial charge in [0.15, 0.2) is 0 Å². The average molecular weight is 407 g/mol. The van der Waals surface area contributed by atoms with Gasteiger partial charge in [0.05, 0.1) is 22.3 Å². The van der Waals surface area contributed by atoms with Gasteiger partial charge >= 0.3 is 0 Å². The van der Waals surface area contributed by atoms with Crippen LogP contribution in [0.5, 0.6) is 0 Å². The molecule has 0 aliphatic heterocycles. The topological polar surface area (TPSA) is 46.3 Å². The number of nitrogens with zero attached hydrogens (tertiary/aromatic N) is 2. The van der Waals surface area contributed by atoms with E-state index >= 15 is 0 Å². The maximum atomic E-state index is 12.4. The van der Waals surface area contributed by atoms with Gasteiger partial charge < -0.3 is 9.32 Å². The van der Waals surface area contributed by atoms with Crippen molar-refractivity contribution < 1.29 is 9.21 Å². The fourth-order valence-corrected chi connectivity index (χ4v) is 4.33. The number of benzene rings is 1. The van der Waals surface area contributed by atoms with Crippen molar-refractivity contribution in [1.82, 2.24) is 9.88 Å². The number of amides is 1. The Hall–Kier alpha value is -1.76. The fraction of sp³-hybridized carbons (Fsp3) is 0.263. The van der Waals surface area contributed by atoms with Gasteiger partial charge in [0.1, 0.15) is 6.26 Å². The van der Waals surface area contributed by atoms with Crippen molar-refractivity contribution in [3.05, 3.63) is 63.6 Å². The van der Waals surface area contributed by atoms with Crippen molar-refractivity contribution in [3.63, 3.8) is 0 Å². The lowest BCUT2D eigenvalue weighted by Crippen LogP contribution is -2.31. The molecule has 26 heavy (non-hydrogen) atoms. The van der Waals surface area contributed by atoms with Crippen molar-refractivity contribution in [2.24, 2.45) is 0 Å². The lowest BCUT2D eigenvalue weighted by molar-refractivity contribution is -0.128. The zero-order valence-corrected chi connectivity index (χ0v) is 16.7. The van der Waals surface area contributed by atoms with Gasteiger partial charge in [-0.2, -0.15) is 0 Å². The third-order valence-electron chi connectivity index (χ3n) is 3.76. The van der Waals surface area contributed by atoms with Crippen LogP contribution in [0.1, 0.15) is 17.5 Å². The quantitative estimate of drug-likeness (QED) is 0.506. The second kappa shape index (κ2) is 9.26. The van der Waals surface area contributed by atoms with Crippen molar-refractivity contribution in [3.8, 4) is 11.5 Å². The number of oxazole rings is 1. The molecule has 4 nitrogen and oxygen atoms in total. The summed E-state index contributed by atoms with van der Waals surface area (Å²) >= 11 is 9.02. The molecule has 0 bridgehead atoms. The Bertz CT molecular complexity index is 848. The number of halogens is 1. The largest absolute Gasteiger partial charge is 0.444 e. The summed E-state index contributed by atoms with van der Waals surface area (Å²) in [7, 11) is 0. The molecule has 0 fully saturated rings. The number of aromatic nitrogens is 1. The molecule has 0 aliphatic carbocycles. The first-order valence-corrected chi connectivity index (χ1v) is 10.6. The number of hydrogen-bond acceptors (Lipinski definition) is 5. The average Bonchev–Trinajstić information content (AvgIpc) is 3.29. The number of thioether (sulfide) groups is 1. The Kier molecular flexibility index (Phi) is 6.77. The highest BCUT2D eigenvalue weighted by Crippen LogP contribution is 2.23. The Morgan fingerprint density at radius 3 is 2.77 bits per heavy atom. The molecular weight excluding hydrogens is 388 g/mol. The van der Waals surface area contributed by atoms with Crippen LogP contribution in [0.3, 0.4) is 0 Å². The number of carbonyl (C=O) groups is 1. The smallest absolute Gasteiger partial charge is 0.232 e. The van der Waals surface area contributed by atoms with Gasteiger partial charge in [-0.25, -0.2) is 4.98 Å². The first-order chi connectivity index (χ1) is 12.7. The molecule has 2 aromatic heterocycles. The number of hydrogen-bond donors (Lipinski definition) is 0. The summed E-state index contributed by atoms with van der Waals surface area (Å²) in [5, 5.41) is 0. The minimum Gasteiger partial charge on any atom is -0.444 e. The highest BCUT2D eigenvalue weighted by Gasteiger charge is 2.14. The first kappa shape index (κ1) is 19.0. The van der Waals surface area contributed by atoms with E-state index < -0.39 is 0 Å². The van der Waals surface area contributed by atoms with E-state index in [1.165, 1.54) is 11.3 Å². The predicted molar refractivity (Wildman–Crippen MR) is 109 cm³/mol. The van der Waals surface area contributed by atoms with Gasteiger partial charge in [0.25, 0.3) is 0 Å². The Balaban J connectivity index is 1.49. The van der Waals surface area contributed by atoms with Crippen molar-refractivity contribution in [2.75, 3.05) is 12.3 Å². The Morgan fingerprint density at radius 2 is 2.08 bits per heavy atom. The van der Waals surface area contributed by atoms with E-state index in [2.05, 4.69) is 4.98 Å². The van der Waals surface area contributed by atoms with E-state index in [0.717, 1.165) is 20.5 Å². The molecule has 0 radical (unpaired) electrons. The van der Waals surface area contributed by atoms with E-state index in [9.17, 15) is 4.79 Å². The van der Waals surface area contributed by atoms with Crippen molar-refractivity contribution >= 4 is 40.6 Å². The molecule has 7 heteroatoms. The third-order valence-corrected chi connectivity index (χ3v) is 5.92. The minimum absolute atomic E-state index is 0.119. The summed E-state index contributed by atoms with van der Waals surface area (Å²) < 4.78 is 6.28. The Morgan fingerprint density at radius 1 is 1.27 bits per heavy atom. The molecule has 2 heterocycles. The molecule has 1 amide bonds. The number of rotatable bonds is 8. The molecule has 0 atom stereocenters. The van der Waals surface area contributed by atoms with Crippen LogP contribution in [-0.2, 0) is 17.1 Å².